The first-order valence-electron chi connectivity index (χ1n) is 7.52. The van der Waals surface area contributed by atoms with Crippen LogP contribution in [-0.2, 0) is 13.6 Å². The molecule has 2 aromatic rings. The number of rotatable bonds is 8. The molecule has 0 amide bonds. The van der Waals surface area contributed by atoms with E-state index in [2.05, 4.69) is 5.09 Å². The lowest BCUT2D eigenvalue weighted by molar-refractivity contribution is 0.225. The Hall–Kier alpha value is -1.81. The smallest absolute Gasteiger partial charge is 0.432 e. The highest BCUT2D eigenvalue weighted by Gasteiger charge is 2.25. The molecule has 1 N–H and O–H groups in total. The summed E-state index contributed by atoms with van der Waals surface area (Å²) in [6, 6.07) is 15.4. The molecule has 0 unspecified atom stereocenters. The van der Waals surface area contributed by atoms with E-state index in [4.69, 9.17) is 13.8 Å². The maximum atomic E-state index is 12.8. The summed E-state index contributed by atoms with van der Waals surface area (Å²) in [6.07, 6.45) is 0. The number of anilines is 1. The number of benzene rings is 2. The van der Waals surface area contributed by atoms with Crippen LogP contribution < -0.4 is 9.82 Å². The van der Waals surface area contributed by atoms with Crippen LogP contribution in [-0.4, -0.2) is 20.3 Å². The average molecular weight is 335 g/mol. The molecular weight excluding hydrogens is 313 g/mol. The van der Waals surface area contributed by atoms with Gasteiger partial charge in [0.15, 0.2) is 0 Å². The van der Waals surface area contributed by atoms with Gasteiger partial charge < -0.3 is 4.74 Å². The summed E-state index contributed by atoms with van der Waals surface area (Å²) in [5.74, 6) is 0.659. The minimum absolute atomic E-state index is 0.287. The van der Waals surface area contributed by atoms with Gasteiger partial charge in [-0.2, -0.15) is 0 Å². The molecule has 0 aliphatic rings. The van der Waals surface area contributed by atoms with Gasteiger partial charge in [-0.3, -0.25) is 14.1 Å². The first-order chi connectivity index (χ1) is 11.1. The molecule has 6 heteroatoms. The predicted octanol–water partition coefficient (Wildman–Crippen LogP) is 4.96. The van der Waals surface area contributed by atoms with Crippen molar-refractivity contribution in [3.63, 3.8) is 0 Å². The molecule has 0 aliphatic heterocycles. The van der Waals surface area contributed by atoms with Crippen molar-refractivity contribution in [1.82, 2.24) is 0 Å². The molecule has 0 spiro atoms. The van der Waals surface area contributed by atoms with E-state index in [0.29, 0.717) is 11.4 Å². The van der Waals surface area contributed by atoms with E-state index in [1.54, 1.807) is 27.0 Å². The van der Waals surface area contributed by atoms with Crippen molar-refractivity contribution in [2.45, 2.75) is 13.8 Å². The van der Waals surface area contributed by atoms with Crippen LogP contribution in [0, 0.1) is 0 Å². The van der Waals surface area contributed by atoms with E-state index in [9.17, 15) is 4.57 Å². The molecule has 0 saturated heterocycles. The van der Waals surface area contributed by atoms with E-state index in [1.807, 2.05) is 42.5 Å². The van der Waals surface area contributed by atoms with E-state index in [-0.39, 0.29) is 13.2 Å². The van der Waals surface area contributed by atoms with Gasteiger partial charge in [-0.25, -0.2) is 4.57 Å². The Morgan fingerprint density at radius 1 is 1.00 bits per heavy atom. The zero-order valence-electron chi connectivity index (χ0n) is 13.6. The lowest BCUT2D eigenvalue weighted by Crippen LogP contribution is -2.06. The van der Waals surface area contributed by atoms with Crippen LogP contribution in [0.5, 0.6) is 5.75 Å². The largest absolute Gasteiger partial charge is 0.497 e. The van der Waals surface area contributed by atoms with Gasteiger partial charge in [0, 0.05) is 11.6 Å². The van der Waals surface area contributed by atoms with Crippen LogP contribution in [0.25, 0.3) is 11.1 Å². The molecule has 0 fully saturated rings. The van der Waals surface area contributed by atoms with Gasteiger partial charge in [0.25, 0.3) is 0 Å². The molecule has 0 radical (unpaired) electrons. The standard InChI is InChI=1S/C17H22NO4P/c1-4-21-23(19,22-5-2)18-17-13-15(20-3)11-12-16(17)14-9-7-6-8-10-14/h6-13H,4-5H2,1-3H3,(H,18,19). The van der Waals surface area contributed by atoms with Crippen molar-refractivity contribution in [2.24, 2.45) is 0 Å². The predicted molar refractivity (Wildman–Crippen MR) is 92.9 cm³/mol. The lowest BCUT2D eigenvalue weighted by Gasteiger charge is -2.21. The molecule has 2 aromatic carbocycles. The summed E-state index contributed by atoms with van der Waals surface area (Å²) in [5, 5.41) is 2.93. The monoisotopic (exact) mass is 335 g/mol. The Bertz CT molecular complexity index is 666. The Morgan fingerprint density at radius 2 is 1.65 bits per heavy atom. The summed E-state index contributed by atoms with van der Waals surface area (Å²) in [6.45, 7) is 4.12. The van der Waals surface area contributed by atoms with Crippen LogP contribution in [0.1, 0.15) is 13.8 Å². The lowest BCUT2D eigenvalue weighted by atomic mass is 10.0. The highest BCUT2D eigenvalue weighted by Crippen LogP contribution is 2.50. The summed E-state index contributed by atoms with van der Waals surface area (Å²) >= 11 is 0. The quantitative estimate of drug-likeness (QED) is 0.691. The van der Waals surface area contributed by atoms with Gasteiger partial charge in [-0.15, -0.1) is 0 Å². The van der Waals surface area contributed by atoms with Crippen molar-refractivity contribution in [1.29, 1.82) is 0 Å². The van der Waals surface area contributed by atoms with E-state index >= 15 is 0 Å². The SMILES string of the molecule is CCOP(=O)(Nc1cc(OC)ccc1-c1ccccc1)OCC. The number of hydrogen-bond acceptors (Lipinski definition) is 4. The molecule has 0 aromatic heterocycles. The minimum atomic E-state index is -3.42. The highest BCUT2D eigenvalue weighted by molar-refractivity contribution is 7.55. The third-order valence-electron chi connectivity index (χ3n) is 3.17. The number of methoxy groups -OCH3 is 1. The van der Waals surface area contributed by atoms with Gasteiger partial charge in [-0.05, 0) is 31.5 Å². The van der Waals surface area contributed by atoms with Crippen LogP contribution in [0.15, 0.2) is 48.5 Å². The molecule has 0 heterocycles. The zero-order chi connectivity index (χ0) is 16.7. The topological polar surface area (TPSA) is 56.8 Å². The summed E-state index contributed by atoms with van der Waals surface area (Å²) in [4.78, 5) is 0. The molecule has 0 bridgehead atoms. The third kappa shape index (κ3) is 4.58. The van der Waals surface area contributed by atoms with Gasteiger partial charge >= 0.3 is 7.75 Å². The fraction of sp³-hybridized carbons (Fsp3) is 0.294. The molecule has 0 saturated carbocycles. The fourth-order valence-corrected chi connectivity index (χ4v) is 3.57. The Labute approximate surface area is 137 Å². The molecule has 0 atom stereocenters. The number of hydrogen-bond donors (Lipinski definition) is 1. The Balaban J connectivity index is 2.44. The van der Waals surface area contributed by atoms with Crippen LogP contribution in [0.3, 0.4) is 0 Å². The van der Waals surface area contributed by atoms with Crippen molar-refractivity contribution in [3.8, 4) is 16.9 Å². The van der Waals surface area contributed by atoms with Crippen molar-refractivity contribution in [2.75, 3.05) is 25.4 Å². The maximum absolute atomic E-state index is 12.8. The Kier molecular flexibility index (Phi) is 6.22. The maximum Gasteiger partial charge on any atom is 0.432 e. The summed E-state index contributed by atoms with van der Waals surface area (Å²) in [5.41, 5.74) is 2.53. The van der Waals surface area contributed by atoms with Gasteiger partial charge in [-0.1, -0.05) is 30.3 Å². The van der Waals surface area contributed by atoms with Crippen LogP contribution in [0.2, 0.25) is 0 Å². The number of nitrogens with one attached hydrogen (secondary N) is 1. The van der Waals surface area contributed by atoms with Crippen molar-refractivity contribution >= 4 is 13.4 Å². The van der Waals surface area contributed by atoms with Crippen molar-refractivity contribution in [3.05, 3.63) is 48.5 Å². The van der Waals surface area contributed by atoms with E-state index < -0.39 is 7.75 Å². The minimum Gasteiger partial charge on any atom is -0.497 e. The van der Waals surface area contributed by atoms with Gasteiger partial charge in [0.1, 0.15) is 5.75 Å². The van der Waals surface area contributed by atoms with E-state index in [1.165, 1.54) is 0 Å². The first kappa shape index (κ1) is 17.5. The molecular formula is C17H22NO4P. The number of ether oxygens (including phenoxy) is 1. The third-order valence-corrected chi connectivity index (χ3v) is 4.88. The van der Waals surface area contributed by atoms with Crippen molar-refractivity contribution < 1.29 is 18.3 Å². The zero-order valence-corrected chi connectivity index (χ0v) is 14.5. The second kappa shape index (κ2) is 8.16. The molecule has 124 valence electrons. The fourth-order valence-electron chi connectivity index (χ4n) is 2.20. The molecule has 23 heavy (non-hydrogen) atoms. The average Bonchev–Trinajstić information content (AvgIpc) is 2.56. The summed E-state index contributed by atoms with van der Waals surface area (Å²) in [7, 11) is -1.84. The highest BCUT2D eigenvalue weighted by atomic mass is 31.2. The van der Waals surface area contributed by atoms with Crippen LogP contribution in [0.4, 0.5) is 5.69 Å². The second-order valence-corrected chi connectivity index (χ2v) is 6.46. The van der Waals surface area contributed by atoms with Gasteiger partial charge in [0.05, 0.1) is 26.0 Å². The Morgan fingerprint density at radius 3 is 2.22 bits per heavy atom. The van der Waals surface area contributed by atoms with Gasteiger partial charge in [0.2, 0.25) is 0 Å². The van der Waals surface area contributed by atoms with E-state index in [0.717, 1.165) is 11.1 Å². The molecule has 5 nitrogen and oxygen atoms in total. The van der Waals surface area contributed by atoms with Crippen LogP contribution >= 0.6 is 7.75 Å². The first-order valence-corrected chi connectivity index (χ1v) is 9.07. The second-order valence-electron chi connectivity index (χ2n) is 4.72. The summed E-state index contributed by atoms with van der Waals surface area (Å²) < 4.78 is 28.7. The molecule has 2 rings (SSSR count). The normalized spacial score (nSPS) is 11.3. The molecule has 0 aliphatic carbocycles.